The van der Waals surface area contributed by atoms with E-state index in [1.807, 2.05) is 0 Å². The average Bonchev–Trinajstić information content (AvgIpc) is 2.54. The van der Waals surface area contributed by atoms with Gasteiger partial charge >= 0.3 is 12.0 Å². The quantitative estimate of drug-likeness (QED) is 0.552. The van der Waals surface area contributed by atoms with Gasteiger partial charge in [-0.15, -0.1) is 0 Å². The van der Waals surface area contributed by atoms with Crippen molar-refractivity contribution in [1.29, 1.82) is 0 Å². The van der Waals surface area contributed by atoms with Crippen LogP contribution in [0.4, 0.5) is 4.79 Å². The van der Waals surface area contributed by atoms with Gasteiger partial charge in [-0.25, -0.2) is 4.79 Å². The molecule has 2 N–H and O–H groups in total. The molecule has 6 heteroatoms. The van der Waals surface area contributed by atoms with E-state index in [-0.39, 0.29) is 12.5 Å². The van der Waals surface area contributed by atoms with Crippen molar-refractivity contribution in [1.82, 2.24) is 10.6 Å². The lowest BCUT2D eigenvalue weighted by Gasteiger charge is -2.34. The van der Waals surface area contributed by atoms with E-state index in [2.05, 4.69) is 10.6 Å². The first kappa shape index (κ1) is 13.5. The summed E-state index contributed by atoms with van der Waals surface area (Å²) in [5.74, 6) is -1.90. The van der Waals surface area contributed by atoms with Crippen LogP contribution in [0.2, 0.25) is 0 Å². The van der Waals surface area contributed by atoms with Crippen molar-refractivity contribution < 1.29 is 19.1 Å². The fourth-order valence-electron chi connectivity index (χ4n) is 2.15. The molecule has 0 unspecified atom stereocenters. The highest BCUT2D eigenvalue weighted by Crippen LogP contribution is 2.30. The predicted molar refractivity (Wildman–Crippen MR) is 60.0 cm³/mol. The number of rotatable bonds is 4. The fraction of sp³-hybridized carbons (Fsp3) is 0.727. The van der Waals surface area contributed by atoms with Gasteiger partial charge in [-0.05, 0) is 19.8 Å². The molecule has 1 rings (SSSR count). The summed E-state index contributed by atoms with van der Waals surface area (Å²) in [6, 6.07) is -0.570. The van der Waals surface area contributed by atoms with Gasteiger partial charge in [0.1, 0.15) is 5.54 Å². The number of amides is 3. The largest absolute Gasteiger partial charge is 0.466 e. The van der Waals surface area contributed by atoms with E-state index in [4.69, 9.17) is 4.74 Å². The van der Waals surface area contributed by atoms with Crippen LogP contribution in [0.5, 0.6) is 0 Å². The summed E-state index contributed by atoms with van der Waals surface area (Å²) < 4.78 is 4.90. The lowest BCUT2D eigenvalue weighted by Crippen LogP contribution is -2.58. The third kappa shape index (κ3) is 2.11. The van der Waals surface area contributed by atoms with Crippen LogP contribution in [0.15, 0.2) is 0 Å². The molecule has 1 saturated heterocycles. The maximum Gasteiger partial charge on any atom is 0.322 e. The molecule has 0 aliphatic carbocycles. The predicted octanol–water partition coefficient (Wildman–Crippen LogP) is 0.420. The molecule has 1 fully saturated rings. The topological polar surface area (TPSA) is 84.5 Å². The second-order valence-corrected chi connectivity index (χ2v) is 4.41. The Kier molecular flexibility index (Phi) is 3.75. The van der Waals surface area contributed by atoms with Crippen LogP contribution < -0.4 is 10.6 Å². The monoisotopic (exact) mass is 242 g/mol. The summed E-state index contributed by atoms with van der Waals surface area (Å²) in [7, 11) is 0. The standard InChI is InChI=1S/C11H18N2O4/c1-5-17-8(14)7(4)11(6(2)3)9(15)12-10(16)13-11/h6-7H,5H2,1-4H3,(H2,12,13,15,16)/t7-,11-/m0/s1. The molecule has 0 spiro atoms. The summed E-state index contributed by atoms with van der Waals surface area (Å²) in [5.41, 5.74) is -1.22. The summed E-state index contributed by atoms with van der Waals surface area (Å²) >= 11 is 0. The van der Waals surface area contributed by atoms with Crippen molar-refractivity contribution in [3.05, 3.63) is 0 Å². The van der Waals surface area contributed by atoms with Crippen LogP contribution in [-0.4, -0.2) is 30.1 Å². The van der Waals surface area contributed by atoms with Gasteiger partial charge in [0.15, 0.2) is 0 Å². The lowest BCUT2D eigenvalue weighted by molar-refractivity contribution is -0.154. The van der Waals surface area contributed by atoms with Gasteiger partial charge < -0.3 is 10.1 Å². The molecule has 2 atom stereocenters. The molecule has 0 aromatic heterocycles. The molecule has 1 aliphatic rings. The molecule has 3 amide bonds. The number of ether oxygens (including phenoxy) is 1. The number of imide groups is 1. The smallest absolute Gasteiger partial charge is 0.322 e. The Labute approximate surface area is 100 Å². The summed E-state index contributed by atoms with van der Waals surface area (Å²) in [6.45, 7) is 7.08. The molecule has 0 aromatic rings. The van der Waals surface area contributed by atoms with Gasteiger partial charge in [0.05, 0.1) is 12.5 Å². The number of carbonyl (C=O) groups excluding carboxylic acids is 3. The Morgan fingerprint density at radius 3 is 2.29 bits per heavy atom. The maximum atomic E-state index is 11.9. The molecule has 96 valence electrons. The normalized spacial score (nSPS) is 25.5. The second-order valence-electron chi connectivity index (χ2n) is 4.41. The molecular formula is C11H18N2O4. The molecule has 6 nitrogen and oxygen atoms in total. The number of hydrogen-bond donors (Lipinski definition) is 2. The zero-order valence-electron chi connectivity index (χ0n) is 10.5. The van der Waals surface area contributed by atoms with Crippen molar-refractivity contribution in [3.8, 4) is 0 Å². The van der Waals surface area contributed by atoms with Crippen LogP contribution in [0.3, 0.4) is 0 Å². The van der Waals surface area contributed by atoms with Gasteiger partial charge in [-0.1, -0.05) is 13.8 Å². The third-order valence-electron chi connectivity index (χ3n) is 3.16. The second kappa shape index (κ2) is 4.73. The Morgan fingerprint density at radius 1 is 1.35 bits per heavy atom. The van der Waals surface area contributed by atoms with Crippen LogP contribution in [-0.2, 0) is 14.3 Å². The van der Waals surface area contributed by atoms with Crippen LogP contribution in [0, 0.1) is 11.8 Å². The number of carbonyl (C=O) groups is 3. The van der Waals surface area contributed by atoms with Gasteiger partial charge in [0, 0.05) is 0 Å². The molecule has 0 radical (unpaired) electrons. The molecule has 1 heterocycles. The minimum absolute atomic E-state index is 0.214. The number of urea groups is 1. The first-order valence-electron chi connectivity index (χ1n) is 5.66. The van der Waals surface area contributed by atoms with Crippen molar-refractivity contribution in [2.75, 3.05) is 6.61 Å². The summed E-state index contributed by atoms with van der Waals surface area (Å²) in [6.07, 6.45) is 0. The SMILES string of the molecule is CCOC(=O)[C@H](C)[C@]1(C(C)C)NC(=O)NC1=O. The first-order chi connectivity index (χ1) is 7.86. The highest BCUT2D eigenvalue weighted by atomic mass is 16.5. The Morgan fingerprint density at radius 2 is 1.94 bits per heavy atom. The van der Waals surface area contributed by atoms with E-state index in [1.54, 1.807) is 27.7 Å². The Bertz CT molecular complexity index is 353. The van der Waals surface area contributed by atoms with E-state index in [9.17, 15) is 14.4 Å². The van der Waals surface area contributed by atoms with Gasteiger partial charge in [-0.2, -0.15) is 0 Å². The highest BCUT2D eigenvalue weighted by Gasteiger charge is 2.55. The highest BCUT2D eigenvalue weighted by molar-refractivity contribution is 6.09. The van der Waals surface area contributed by atoms with Gasteiger partial charge in [0.25, 0.3) is 5.91 Å². The van der Waals surface area contributed by atoms with Crippen LogP contribution in [0.1, 0.15) is 27.7 Å². The van der Waals surface area contributed by atoms with E-state index < -0.39 is 29.4 Å². The van der Waals surface area contributed by atoms with Gasteiger partial charge in [-0.3, -0.25) is 14.9 Å². The van der Waals surface area contributed by atoms with Crippen LogP contribution >= 0.6 is 0 Å². The van der Waals surface area contributed by atoms with E-state index in [0.29, 0.717) is 0 Å². The molecule has 0 bridgehead atoms. The van der Waals surface area contributed by atoms with Crippen molar-refractivity contribution in [2.45, 2.75) is 33.2 Å². The fourth-order valence-corrected chi connectivity index (χ4v) is 2.15. The molecule has 0 aromatic carbocycles. The molecule has 1 aliphatic heterocycles. The lowest BCUT2D eigenvalue weighted by atomic mass is 9.76. The summed E-state index contributed by atoms with van der Waals surface area (Å²) in [5, 5.41) is 4.73. The van der Waals surface area contributed by atoms with Crippen molar-refractivity contribution in [3.63, 3.8) is 0 Å². The Balaban J connectivity index is 3.05. The minimum atomic E-state index is -1.22. The number of nitrogens with one attached hydrogen (secondary N) is 2. The minimum Gasteiger partial charge on any atom is -0.466 e. The first-order valence-corrected chi connectivity index (χ1v) is 5.66. The van der Waals surface area contributed by atoms with E-state index >= 15 is 0 Å². The third-order valence-corrected chi connectivity index (χ3v) is 3.16. The van der Waals surface area contributed by atoms with Gasteiger partial charge in [0.2, 0.25) is 0 Å². The zero-order chi connectivity index (χ0) is 13.2. The van der Waals surface area contributed by atoms with Crippen LogP contribution in [0.25, 0.3) is 0 Å². The summed E-state index contributed by atoms with van der Waals surface area (Å²) in [4.78, 5) is 34.9. The zero-order valence-corrected chi connectivity index (χ0v) is 10.5. The number of esters is 1. The average molecular weight is 242 g/mol. The van der Waals surface area contributed by atoms with Crippen molar-refractivity contribution in [2.24, 2.45) is 11.8 Å². The molecular weight excluding hydrogens is 224 g/mol. The van der Waals surface area contributed by atoms with E-state index in [1.165, 1.54) is 0 Å². The van der Waals surface area contributed by atoms with E-state index in [0.717, 1.165) is 0 Å². The molecule has 0 saturated carbocycles. The van der Waals surface area contributed by atoms with Crippen molar-refractivity contribution >= 4 is 17.9 Å². The maximum absolute atomic E-state index is 11.9. The number of hydrogen-bond acceptors (Lipinski definition) is 4. The Hall–Kier alpha value is -1.59. The molecule has 17 heavy (non-hydrogen) atoms.